The Morgan fingerprint density at radius 2 is 1.65 bits per heavy atom. The van der Waals surface area contributed by atoms with Gasteiger partial charge < -0.3 is 19.5 Å². The number of amides is 1. The second kappa shape index (κ2) is 10.3. The molecule has 0 saturated carbocycles. The molecule has 2 aromatic rings. The number of rotatable bonds is 9. The van der Waals surface area contributed by atoms with E-state index in [9.17, 15) is 4.79 Å². The van der Waals surface area contributed by atoms with Gasteiger partial charge in [-0.15, -0.1) is 0 Å². The summed E-state index contributed by atoms with van der Waals surface area (Å²) in [6, 6.07) is 13.1. The van der Waals surface area contributed by atoms with E-state index in [1.165, 1.54) is 0 Å². The van der Waals surface area contributed by atoms with E-state index in [-0.39, 0.29) is 18.6 Å². The third kappa shape index (κ3) is 6.09. The van der Waals surface area contributed by atoms with Gasteiger partial charge in [0.2, 0.25) is 0 Å². The Balaban J connectivity index is 1.95. The Bertz CT molecular complexity index is 718. The molecule has 1 amide bonds. The molecule has 1 atom stereocenters. The second-order valence-electron chi connectivity index (χ2n) is 5.60. The predicted molar refractivity (Wildman–Crippen MR) is 110 cm³/mol. The molecule has 0 aliphatic rings. The van der Waals surface area contributed by atoms with Crippen LogP contribution in [0.5, 0.6) is 17.2 Å². The van der Waals surface area contributed by atoms with Gasteiger partial charge in [-0.2, -0.15) is 0 Å². The monoisotopic (exact) mass is 469 g/mol. The number of carbonyl (C=O) groups is 1. The van der Waals surface area contributed by atoms with Crippen molar-refractivity contribution >= 4 is 28.5 Å². The van der Waals surface area contributed by atoms with E-state index >= 15 is 0 Å². The van der Waals surface area contributed by atoms with Crippen LogP contribution in [0.4, 0.5) is 0 Å². The predicted octanol–water partition coefficient (Wildman–Crippen LogP) is 4.34. The normalized spacial score (nSPS) is 11.5. The number of carbonyl (C=O) groups excluding carboxylic acids is 1. The van der Waals surface area contributed by atoms with Crippen LogP contribution in [0.15, 0.2) is 42.5 Å². The van der Waals surface area contributed by atoms with Gasteiger partial charge >= 0.3 is 0 Å². The van der Waals surface area contributed by atoms with Crippen molar-refractivity contribution in [2.24, 2.45) is 0 Å². The van der Waals surface area contributed by atoms with Gasteiger partial charge in [-0.3, -0.25) is 4.79 Å². The third-order valence-electron chi connectivity index (χ3n) is 3.63. The van der Waals surface area contributed by atoms with Crippen LogP contribution in [0, 0.1) is 3.57 Å². The van der Waals surface area contributed by atoms with Crippen molar-refractivity contribution in [2.75, 3.05) is 19.8 Å². The van der Waals surface area contributed by atoms with Crippen molar-refractivity contribution in [3.63, 3.8) is 0 Å². The van der Waals surface area contributed by atoms with Crippen LogP contribution >= 0.6 is 22.6 Å². The fraction of sp³-hybridized carbons (Fsp3) is 0.350. The van der Waals surface area contributed by atoms with Crippen LogP contribution in [0.25, 0.3) is 0 Å². The quantitative estimate of drug-likeness (QED) is 0.556. The smallest absolute Gasteiger partial charge is 0.258 e. The number of ether oxygens (including phenoxy) is 3. The van der Waals surface area contributed by atoms with E-state index in [0.29, 0.717) is 30.5 Å². The summed E-state index contributed by atoms with van der Waals surface area (Å²) in [7, 11) is 0. The van der Waals surface area contributed by atoms with Crippen LogP contribution in [-0.4, -0.2) is 25.7 Å². The SMILES string of the molecule is CCOc1ccc(C(C)NC(=O)COc2ccc(I)cc2)cc1OCC. The molecule has 0 radical (unpaired) electrons. The topological polar surface area (TPSA) is 56.8 Å². The van der Waals surface area contributed by atoms with Gasteiger partial charge in [0.15, 0.2) is 18.1 Å². The highest BCUT2D eigenvalue weighted by Gasteiger charge is 2.13. The summed E-state index contributed by atoms with van der Waals surface area (Å²) in [5.41, 5.74) is 0.944. The molecule has 0 fully saturated rings. The highest BCUT2D eigenvalue weighted by Crippen LogP contribution is 2.30. The minimum atomic E-state index is -0.178. The first-order valence-electron chi connectivity index (χ1n) is 8.60. The summed E-state index contributed by atoms with van der Waals surface area (Å²) < 4.78 is 17.8. The fourth-order valence-corrected chi connectivity index (χ4v) is 2.74. The lowest BCUT2D eigenvalue weighted by molar-refractivity contribution is -0.123. The molecule has 6 heteroatoms. The number of halogens is 1. The van der Waals surface area contributed by atoms with Crippen LogP contribution in [-0.2, 0) is 4.79 Å². The molecule has 5 nitrogen and oxygen atoms in total. The first kappa shape index (κ1) is 20.4. The number of hydrogen-bond acceptors (Lipinski definition) is 4. The van der Waals surface area contributed by atoms with Crippen LogP contribution in [0.3, 0.4) is 0 Å². The van der Waals surface area contributed by atoms with Crippen molar-refractivity contribution in [3.8, 4) is 17.2 Å². The molecule has 26 heavy (non-hydrogen) atoms. The van der Waals surface area contributed by atoms with Gasteiger partial charge in [0.1, 0.15) is 5.75 Å². The van der Waals surface area contributed by atoms with Gasteiger partial charge in [-0.05, 0) is 85.3 Å². The zero-order valence-electron chi connectivity index (χ0n) is 15.3. The molecule has 0 aromatic heterocycles. The number of hydrogen-bond donors (Lipinski definition) is 1. The van der Waals surface area contributed by atoms with Crippen LogP contribution in [0.1, 0.15) is 32.4 Å². The summed E-state index contributed by atoms with van der Waals surface area (Å²) in [5.74, 6) is 1.89. The molecule has 0 heterocycles. The van der Waals surface area contributed by atoms with Gasteiger partial charge in [-0.25, -0.2) is 0 Å². The van der Waals surface area contributed by atoms with E-state index in [1.54, 1.807) is 0 Å². The number of nitrogens with one attached hydrogen (secondary N) is 1. The minimum absolute atomic E-state index is 0.0275. The molecule has 1 N–H and O–H groups in total. The Kier molecular flexibility index (Phi) is 8.03. The standard InChI is InChI=1S/C20H24INO4/c1-4-24-18-11-6-15(12-19(18)25-5-2)14(3)22-20(23)13-26-17-9-7-16(21)8-10-17/h6-12,14H,4-5,13H2,1-3H3,(H,22,23). The molecule has 0 aliphatic heterocycles. The zero-order chi connectivity index (χ0) is 18.9. The maximum atomic E-state index is 12.2. The Labute approximate surface area is 168 Å². The number of benzene rings is 2. The summed E-state index contributed by atoms with van der Waals surface area (Å²) in [4.78, 5) is 12.2. The molecule has 0 aliphatic carbocycles. The first-order valence-corrected chi connectivity index (χ1v) is 9.68. The first-order chi connectivity index (χ1) is 12.5. The maximum Gasteiger partial charge on any atom is 0.258 e. The van der Waals surface area contributed by atoms with Crippen LogP contribution in [0.2, 0.25) is 0 Å². The zero-order valence-corrected chi connectivity index (χ0v) is 17.4. The van der Waals surface area contributed by atoms with E-state index in [0.717, 1.165) is 9.13 Å². The van der Waals surface area contributed by atoms with E-state index in [4.69, 9.17) is 14.2 Å². The van der Waals surface area contributed by atoms with Crippen molar-refractivity contribution in [3.05, 3.63) is 51.6 Å². The molecule has 140 valence electrons. The average Bonchev–Trinajstić information content (AvgIpc) is 2.63. The summed E-state index contributed by atoms with van der Waals surface area (Å²) in [6.45, 7) is 6.87. The van der Waals surface area contributed by atoms with Crippen molar-refractivity contribution < 1.29 is 19.0 Å². The second-order valence-corrected chi connectivity index (χ2v) is 6.85. The minimum Gasteiger partial charge on any atom is -0.490 e. The van der Waals surface area contributed by atoms with Crippen molar-refractivity contribution in [1.29, 1.82) is 0 Å². The Morgan fingerprint density at radius 1 is 1.00 bits per heavy atom. The van der Waals surface area contributed by atoms with E-state index < -0.39 is 0 Å². The van der Waals surface area contributed by atoms with Crippen LogP contribution < -0.4 is 19.5 Å². The molecule has 2 aromatic carbocycles. The molecule has 0 saturated heterocycles. The molecular weight excluding hydrogens is 445 g/mol. The molecule has 1 unspecified atom stereocenters. The van der Waals surface area contributed by atoms with Crippen molar-refractivity contribution in [2.45, 2.75) is 26.8 Å². The summed E-state index contributed by atoms with van der Waals surface area (Å²) in [5, 5.41) is 2.94. The highest BCUT2D eigenvalue weighted by molar-refractivity contribution is 14.1. The molecule has 0 spiro atoms. The molecule has 0 bridgehead atoms. The van der Waals surface area contributed by atoms with E-state index in [1.807, 2.05) is 63.2 Å². The molecular formula is C20H24INO4. The van der Waals surface area contributed by atoms with E-state index in [2.05, 4.69) is 27.9 Å². The lowest BCUT2D eigenvalue weighted by Gasteiger charge is -2.17. The lowest BCUT2D eigenvalue weighted by Crippen LogP contribution is -2.31. The summed E-state index contributed by atoms with van der Waals surface area (Å²) in [6.07, 6.45) is 0. The van der Waals surface area contributed by atoms with Gasteiger partial charge in [0, 0.05) is 3.57 Å². The highest BCUT2D eigenvalue weighted by atomic mass is 127. The third-order valence-corrected chi connectivity index (χ3v) is 4.35. The van der Waals surface area contributed by atoms with Gasteiger partial charge in [0.05, 0.1) is 19.3 Å². The van der Waals surface area contributed by atoms with Gasteiger partial charge in [0.25, 0.3) is 5.91 Å². The average molecular weight is 469 g/mol. The fourth-order valence-electron chi connectivity index (χ4n) is 2.38. The Hall–Kier alpha value is -1.96. The van der Waals surface area contributed by atoms with Gasteiger partial charge in [-0.1, -0.05) is 6.07 Å². The largest absolute Gasteiger partial charge is 0.490 e. The molecule has 2 rings (SSSR count). The summed E-state index contributed by atoms with van der Waals surface area (Å²) >= 11 is 2.22. The van der Waals surface area contributed by atoms with Crippen molar-refractivity contribution in [1.82, 2.24) is 5.32 Å². The maximum absolute atomic E-state index is 12.2. The Morgan fingerprint density at radius 3 is 2.31 bits per heavy atom. The lowest BCUT2D eigenvalue weighted by atomic mass is 10.1.